The fourth-order valence-corrected chi connectivity index (χ4v) is 3.56. The van der Waals surface area contributed by atoms with Gasteiger partial charge in [0.2, 0.25) is 5.69 Å². The largest absolute Gasteiger partial charge is 0.319 e. The first-order valence-corrected chi connectivity index (χ1v) is 6.50. The summed E-state index contributed by atoms with van der Waals surface area (Å²) in [6, 6.07) is 13.5. The van der Waals surface area contributed by atoms with Crippen LogP contribution in [-0.2, 0) is 0 Å². The van der Waals surface area contributed by atoms with Crippen LogP contribution in [0.3, 0.4) is 0 Å². The number of benzene rings is 1. The summed E-state index contributed by atoms with van der Waals surface area (Å²) >= 11 is 0. The van der Waals surface area contributed by atoms with Crippen LogP contribution < -0.4 is 10.3 Å². The predicted molar refractivity (Wildman–Crippen MR) is 71.2 cm³/mol. The summed E-state index contributed by atoms with van der Waals surface area (Å²) in [5, 5.41) is 0. The van der Waals surface area contributed by atoms with Crippen molar-refractivity contribution < 1.29 is 4.57 Å². The molecule has 2 heteroatoms. The molecular formula is C16H17N2+. The second-order valence-corrected chi connectivity index (χ2v) is 5.87. The average molecular weight is 237 g/mol. The smallest absolute Gasteiger partial charge is 0.213 e. The van der Waals surface area contributed by atoms with Gasteiger partial charge in [0, 0.05) is 17.2 Å². The zero-order chi connectivity index (χ0) is 12.5. The highest BCUT2D eigenvalue weighted by molar-refractivity contribution is 5.66. The number of nitrogens with two attached hydrogens (primary N) is 1. The van der Waals surface area contributed by atoms with Crippen LogP contribution >= 0.6 is 0 Å². The maximum atomic E-state index is 6.47. The van der Waals surface area contributed by atoms with Gasteiger partial charge in [-0.25, -0.2) is 0 Å². The number of aromatic nitrogens is 1. The molecule has 3 unspecified atom stereocenters. The molecule has 0 bridgehead atoms. The number of rotatable bonds is 0. The standard InChI is InChI=1S/C16H17N2/c1-10-7-8-13-11-5-3-4-6-12(11)14-15(16(14,2)17)18(13)9-10/h3-9,14-15H,17H2,1-2H3/q+1. The third kappa shape index (κ3) is 1.09. The summed E-state index contributed by atoms with van der Waals surface area (Å²) in [4.78, 5) is 0. The minimum atomic E-state index is -0.111. The van der Waals surface area contributed by atoms with E-state index >= 15 is 0 Å². The van der Waals surface area contributed by atoms with Crippen molar-refractivity contribution >= 4 is 0 Å². The topological polar surface area (TPSA) is 29.9 Å². The van der Waals surface area contributed by atoms with Crippen LogP contribution in [-0.4, -0.2) is 5.54 Å². The average Bonchev–Trinajstić information content (AvgIpc) is 2.93. The minimum Gasteiger partial charge on any atom is -0.319 e. The molecule has 1 aromatic heterocycles. The SMILES string of the molecule is Cc1ccc2[n+](c1)C1C(c3ccccc3-2)C1(C)N. The van der Waals surface area contributed by atoms with Gasteiger partial charge in [-0.2, -0.15) is 4.57 Å². The zero-order valence-electron chi connectivity index (χ0n) is 10.7. The molecule has 1 saturated carbocycles. The van der Waals surface area contributed by atoms with Crippen molar-refractivity contribution in [3.05, 3.63) is 53.7 Å². The Morgan fingerprint density at radius 3 is 2.78 bits per heavy atom. The van der Waals surface area contributed by atoms with E-state index in [-0.39, 0.29) is 5.54 Å². The molecule has 0 spiro atoms. The molecule has 2 nitrogen and oxygen atoms in total. The van der Waals surface area contributed by atoms with E-state index in [9.17, 15) is 0 Å². The lowest BCUT2D eigenvalue weighted by Gasteiger charge is -2.13. The van der Waals surface area contributed by atoms with Gasteiger partial charge in [0.15, 0.2) is 12.2 Å². The van der Waals surface area contributed by atoms with Gasteiger partial charge in [0.25, 0.3) is 0 Å². The van der Waals surface area contributed by atoms with Gasteiger partial charge in [-0.3, -0.25) is 0 Å². The third-order valence-corrected chi connectivity index (χ3v) is 4.51. The van der Waals surface area contributed by atoms with Gasteiger partial charge in [-0.1, -0.05) is 18.2 Å². The van der Waals surface area contributed by atoms with Crippen LogP contribution in [0.25, 0.3) is 11.3 Å². The van der Waals surface area contributed by atoms with E-state index in [0.717, 1.165) is 0 Å². The number of hydrogen-bond donors (Lipinski definition) is 1. The highest BCUT2D eigenvalue weighted by atomic mass is 15.2. The molecule has 0 radical (unpaired) electrons. The molecule has 2 aromatic rings. The Balaban J connectivity index is 2.06. The highest BCUT2D eigenvalue weighted by Gasteiger charge is 2.69. The Labute approximate surface area is 107 Å². The second-order valence-electron chi connectivity index (χ2n) is 5.87. The van der Waals surface area contributed by atoms with E-state index in [4.69, 9.17) is 5.73 Å². The summed E-state index contributed by atoms with van der Waals surface area (Å²) in [6.07, 6.45) is 2.24. The third-order valence-electron chi connectivity index (χ3n) is 4.51. The van der Waals surface area contributed by atoms with Gasteiger partial charge < -0.3 is 5.73 Å². The lowest BCUT2D eigenvalue weighted by molar-refractivity contribution is -0.695. The Morgan fingerprint density at radius 2 is 1.94 bits per heavy atom. The number of pyridine rings is 1. The van der Waals surface area contributed by atoms with Crippen molar-refractivity contribution in [2.75, 3.05) is 0 Å². The van der Waals surface area contributed by atoms with E-state index in [1.165, 1.54) is 22.4 Å². The van der Waals surface area contributed by atoms with E-state index < -0.39 is 0 Å². The summed E-state index contributed by atoms with van der Waals surface area (Å²) in [5.41, 5.74) is 11.7. The van der Waals surface area contributed by atoms with Gasteiger partial charge in [-0.15, -0.1) is 0 Å². The molecule has 4 rings (SSSR count). The second kappa shape index (κ2) is 3.01. The molecule has 1 aliphatic heterocycles. The van der Waals surface area contributed by atoms with Crippen molar-refractivity contribution in [3.8, 4) is 11.3 Å². The fraction of sp³-hybridized carbons (Fsp3) is 0.312. The molecule has 1 aromatic carbocycles. The van der Waals surface area contributed by atoms with Crippen LogP contribution in [0.5, 0.6) is 0 Å². The Morgan fingerprint density at radius 1 is 1.17 bits per heavy atom. The van der Waals surface area contributed by atoms with E-state index in [1.807, 2.05) is 0 Å². The van der Waals surface area contributed by atoms with Crippen LogP contribution in [0.1, 0.15) is 30.0 Å². The van der Waals surface area contributed by atoms with Gasteiger partial charge >= 0.3 is 0 Å². The van der Waals surface area contributed by atoms with E-state index in [0.29, 0.717) is 12.0 Å². The fourth-order valence-electron chi connectivity index (χ4n) is 3.56. The number of aryl methyl sites for hydroxylation is 1. The van der Waals surface area contributed by atoms with Crippen LogP contribution in [0.15, 0.2) is 42.6 Å². The summed E-state index contributed by atoms with van der Waals surface area (Å²) in [6.45, 7) is 4.31. The normalized spacial score (nSPS) is 31.3. The van der Waals surface area contributed by atoms with Crippen molar-refractivity contribution in [1.82, 2.24) is 0 Å². The van der Waals surface area contributed by atoms with Crippen LogP contribution in [0, 0.1) is 6.92 Å². The first-order valence-electron chi connectivity index (χ1n) is 6.50. The molecule has 0 amide bonds. The lowest BCUT2D eigenvalue weighted by atomic mass is 9.96. The van der Waals surface area contributed by atoms with Crippen molar-refractivity contribution in [2.24, 2.45) is 5.73 Å². The van der Waals surface area contributed by atoms with Crippen LogP contribution in [0.2, 0.25) is 0 Å². The zero-order valence-corrected chi connectivity index (χ0v) is 10.7. The van der Waals surface area contributed by atoms with Crippen molar-refractivity contribution in [2.45, 2.75) is 31.3 Å². The van der Waals surface area contributed by atoms with Crippen molar-refractivity contribution in [1.29, 1.82) is 0 Å². The highest BCUT2D eigenvalue weighted by Crippen LogP contribution is 2.60. The molecule has 2 aliphatic rings. The molecular weight excluding hydrogens is 220 g/mol. The maximum absolute atomic E-state index is 6.47. The molecule has 2 heterocycles. The summed E-state index contributed by atoms with van der Waals surface area (Å²) < 4.78 is 2.38. The summed E-state index contributed by atoms with van der Waals surface area (Å²) in [5.74, 6) is 0.466. The first kappa shape index (κ1) is 10.3. The molecule has 1 fully saturated rings. The molecule has 3 atom stereocenters. The minimum absolute atomic E-state index is 0.111. The Hall–Kier alpha value is -1.67. The number of nitrogens with zero attached hydrogens (tertiary/aromatic N) is 1. The predicted octanol–water partition coefficient (Wildman–Crippen LogP) is 2.32. The Kier molecular flexibility index (Phi) is 1.72. The van der Waals surface area contributed by atoms with Crippen LogP contribution in [0.4, 0.5) is 0 Å². The lowest BCUT2D eigenvalue weighted by Crippen LogP contribution is -2.41. The maximum Gasteiger partial charge on any atom is 0.213 e. The van der Waals surface area contributed by atoms with Gasteiger partial charge in [-0.05, 0) is 31.5 Å². The molecule has 90 valence electrons. The summed E-state index contributed by atoms with van der Waals surface area (Å²) in [7, 11) is 0. The Bertz CT molecular complexity index is 658. The number of fused-ring (bicyclic) bond motifs is 6. The van der Waals surface area contributed by atoms with Gasteiger partial charge in [0.05, 0.1) is 11.5 Å². The monoisotopic (exact) mass is 237 g/mol. The first-order chi connectivity index (χ1) is 8.60. The van der Waals surface area contributed by atoms with E-state index in [2.05, 4.69) is 61.0 Å². The molecule has 18 heavy (non-hydrogen) atoms. The molecule has 1 aliphatic carbocycles. The van der Waals surface area contributed by atoms with Crippen molar-refractivity contribution in [3.63, 3.8) is 0 Å². The van der Waals surface area contributed by atoms with Gasteiger partial charge in [0.1, 0.15) is 0 Å². The quantitative estimate of drug-likeness (QED) is 0.700. The molecule has 0 saturated heterocycles. The molecule has 2 N–H and O–H groups in total. The number of hydrogen-bond acceptors (Lipinski definition) is 1. The van der Waals surface area contributed by atoms with E-state index in [1.54, 1.807) is 0 Å².